The maximum absolute atomic E-state index is 5.53. The van der Waals surface area contributed by atoms with Crippen molar-refractivity contribution >= 4 is 27.5 Å². The van der Waals surface area contributed by atoms with Gasteiger partial charge in [0.15, 0.2) is 0 Å². The van der Waals surface area contributed by atoms with Gasteiger partial charge in [-0.2, -0.15) is 0 Å². The van der Waals surface area contributed by atoms with Gasteiger partial charge in [0, 0.05) is 5.69 Å². The third-order valence-corrected chi connectivity index (χ3v) is 1.63. The normalized spacial score (nSPS) is 9.90. The lowest BCUT2D eigenvalue weighted by molar-refractivity contribution is 0.975. The molecule has 0 fully saturated rings. The number of nitrogens with zero attached hydrogens (tertiary/aromatic N) is 2. The Bertz CT molecular complexity index is 219. The van der Waals surface area contributed by atoms with Crippen molar-refractivity contribution in [1.29, 1.82) is 0 Å². The molecule has 0 radical (unpaired) electrons. The van der Waals surface area contributed by atoms with Crippen LogP contribution in [0.1, 0.15) is 11.5 Å². The first-order chi connectivity index (χ1) is 4.72. The van der Waals surface area contributed by atoms with E-state index < -0.39 is 0 Å². The molecule has 0 aliphatic rings. The molecule has 1 rings (SSSR count). The van der Waals surface area contributed by atoms with Crippen LogP contribution in [0, 0.1) is 6.92 Å². The van der Waals surface area contributed by atoms with Gasteiger partial charge in [-0.05, 0) is 28.9 Å². The van der Waals surface area contributed by atoms with Crippen LogP contribution in [0.4, 0.5) is 0 Å². The first-order valence-electron chi connectivity index (χ1n) is 2.78. The van der Waals surface area contributed by atoms with Crippen LogP contribution >= 0.6 is 27.5 Å². The standard InChI is InChI=1S/C6H6BrClN2/c1-4-2-5(7)10-6(3-8)9-4/h2H,3H2,1H3. The molecule has 54 valence electrons. The summed E-state index contributed by atoms with van der Waals surface area (Å²) in [5.41, 5.74) is 0.928. The molecular weight excluding hydrogens is 215 g/mol. The zero-order chi connectivity index (χ0) is 7.56. The summed E-state index contributed by atoms with van der Waals surface area (Å²) in [5, 5.41) is 0. The van der Waals surface area contributed by atoms with Gasteiger partial charge in [0.25, 0.3) is 0 Å². The molecule has 0 aromatic carbocycles. The fourth-order valence-electron chi connectivity index (χ4n) is 0.649. The minimum atomic E-state index is 0.361. The molecule has 0 bridgehead atoms. The summed E-state index contributed by atoms with van der Waals surface area (Å²) in [6.45, 7) is 1.91. The Labute approximate surface area is 72.8 Å². The van der Waals surface area contributed by atoms with E-state index in [4.69, 9.17) is 11.6 Å². The van der Waals surface area contributed by atoms with Crippen LogP contribution < -0.4 is 0 Å². The number of rotatable bonds is 1. The Morgan fingerprint density at radius 1 is 1.60 bits per heavy atom. The van der Waals surface area contributed by atoms with Crippen molar-refractivity contribution < 1.29 is 0 Å². The van der Waals surface area contributed by atoms with Gasteiger partial charge in [0.1, 0.15) is 10.4 Å². The molecule has 0 saturated carbocycles. The lowest BCUT2D eigenvalue weighted by Crippen LogP contribution is -1.93. The quantitative estimate of drug-likeness (QED) is 0.537. The summed E-state index contributed by atoms with van der Waals surface area (Å²) in [6.07, 6.45) is 0. The summed E-state index contributed by atoms with van der Waals surface area (Å²) in [4.78, 5) is 8.11. The van der Waals surface area contributed by atoms with Crippen LogP contribution in [0.25, 0.3) is 0 Å². The number of alkyl halides is 1. The summed E-state index contributed by atoms with van der Waals surface area (Å²) >= 11 is 8.77. The van der Waals surface area contributed by atoms with Gasteiger partial charge in [-0.25, -0.2) is 9.97 Å². The van der Waals surface area contributed by atoms with E-state index in [2.05, 4.69) is 25.9 Å². The van der Waals surface area contributed by atoms with Crippen molar-refractivity contribution in [2.45, 2.75) is 12.8 Å². The highest BCUT2D eigenvalue weighted by molar-refractivity contribution is 9.10. The van der Waals surface area contributed by atoms with Gasteiger partial charge in [-0.1, -0.05) is 0 Å². The average Bonchev–Trinajstić information content (AvgIpc) is 1.85. The van der Waals surface area contributed by atoms with Crippen LogP contribution in [0.5, 0.6) is 0 Å². The smallest absolute Gasteiger partial charge is 0.144 e. The Morgan fingerprint density at radius 3 is 2.80 bits per heavy atom. The zero-order valence-corrected chi connectivity index (χ0v) is 7.78. The van der Waals surface area contributed by atoms with E-state index in [-0.39, 0.29) is 0 Å². The third kappa shape index (κ3) is 1.92. The van der Waals surface area contributed by atoms with Gasteiger partial charge in [0.2, 0.25) is 0 Å². The van der Waals surface area contributed by atoms with E-state index in [1.165, 1.54) is 0 Å². The fourth-order valence-corrected chi connectivity index (χ4v) is 1.30. The van der Waals surface area contributed by atoms with Crippen LogP contribution in [-0.4, -0.2) is 9.97 Å². The Morgan fingerprint density at radius 2 is 2.30 bits per heavy atom. The zero-order valence-electron chi connectivity index (χ0n) is 5.43. The van der Waals surface area contributed by atoms with Gasteiger partial charge in [0.05, 0.1) is 5.88 Å². The number of halogens is 2. The van der Waals surface area contributed by atoms with E-state index in [0.717, 1.165) is 10.3 Å². The number of aryl methyl sites for hydroxylation is 1. The molecule has 0 N–H and O–H groups in total. The second kappa shape index (κ2) is 3.30. The SMILES string of the molecule is Cc1cc(Br)nc(CCl)n1. The highest BCUT2D eigenvalue weighted by Crippen LogP contribution is 2.08. The molecule has 1 heterocycles. The number of hydrogen-bond acceptors (Lipinski definition) is 2. The molecular formula is C6H6BrClN2. The molecule has 1 aromatic heterocycles. The summed E-state index contributed by atoms with van der Waals surface area (Å²) in [7, 11) is 0. The van der Waals surface area contributed by atoms with Crippen LogP contribution in [0.3, 0.4) is 0 Å². The van der Waals surface area contributed by atoms with E-state index in [0.29, 0.717) is 11.7 Å². The predicted octanol–water partition coefficient (Wildman–Crippen LogP) is 2.29. The number of hydrogen-bond donors (Lipinski definition) is 0. The van der Waals surface area contributed by atoms with E-state index in [1.807, 2.05) is 13.0 Å². The molecule has 0 aliphatic heterocycles. The highest BCUT2D eigenvalue weighted by atomic mass is 79.9. The van der Waals surface area contributed by atoms with Crippen molar-refractivity contribution in [3.63, 3.8) is 0 Å². The minimum absolute atomic E-state index is 0.361. The first-order valence-corrected chi connectivity index (χ1v) is 4.11. The van der Waals surface area contributed by atoms with Crippen LogP contribution in [-0.2, 0) is 5.88 Å². The molecule has 4 heteroatoms. The topological polar surface area (TPSA) is 25.8 Å². The molecule has 0 atom stereocenters. The molecule has 0 unspecified atom stereocenters. The van der Waals surface area contributed by atoms with Crippen molar-refractivity contribution in [3.8, 4) is 0 Å². The monoisotopic (exact) mass is 220 g/mol. The van der Waals surface area contributed by atoms with Gasteiger partial charge < -0.3 is 0 Å². The van der Waals surface area contributed by atoms with E-state index >= 15 is 0 Å². The Hall–Kier alpha value is -0.150. The molecule has 0 amide bonds. The summed E-state index contributed by atoms with van der Waals surface area (Å²) in [5.74, 6) is 1.02. The molecule has 2 nitrogen and oxygen atoms in total. The third-order valence-electron chi connectivity index (χ3n) is 0.989. The second-order valence-electron chi connectivity index (χ2n) is 1.88. The molecule has 0 saturated heterocycles. The van der Waals surface area contributed by atoms with Crippen molar-refractivity contribution in [2.75, 3.05) is 0 Å². The van der Waals surface area contributed by atoms with E-state index in [9.17, 15) is 0 Å². The maximum Gasteiger partial charge on any atom is 0.144 e. The highest BCUT2D eigenvalue weighted by Gasteiger charge is 1.96. The maximum atomic E-state index is 5.53. The van der Waals surface area contributed by atoms with Crippen molar-refractivity contribution in [1.82, 2.24) is 9.97 Å². The summed E-state index contributed by atoms with van der Waals surface area (Å²) in [6, 6.07) is 1.84. The van der Waals surface area contributed by atoms with Crippen LogP contribution in [0.15, 0.2) is 10.7 Å². The van der Waals surface area contributed by atoms with Crippen LogP contribution in [0.2, 0.25) is 0 Å². The van der Waals surface area contributed by atoms with Gasteiger partial charge in [-0.15, -0.1) is 11.6 Å². The fraction of sp³-hybridized carbons (Fsp3) is 0.333. The van der Waals surface area contributed by atoms with Gasteiger partial charge >= 0.3 is 0 Å². The van der Waals surface area contributed by atoms with Gasteiger partial charge in [-0.3, -0.25) is 0 Å². The lowest BCUT2D eigenvalue weighted by Gasteiger charge is -1.96. The second-order valence-corrected chi connectivity index (χ2v) is 2.96. The molecule has 1 aromatic rings. The number of aromatic nitrogens is 2. The molecule has 0 aliphatic carbocycles. The minimum Gasteiger partial charge on any atom is -0.237 e. The molecule has 10 heavy (non-hydrogen) atoms. The van der Waals surface area contributed by atoms with Crippen molar-refractivity contribution in [3.05, 3.63) is 22.2 Å². The Kier molecular flexibility index (Phi) is 2.63. The Balaban J connectivity index is 3.06. The largest absolute Gasteiger partial charge is 0.237 e. The first kappa shape index (κ1) is 7.95. The van der Waals surface area contributed by atoms with Crippen molar-refractivity contribution in [2.24, 2.45) is 0 Å². The lowest BCUT2D eigenvalue weighted by atomic mass is 10.4. The summed E-state index contributed by atoms with van der Waals surface area (Å²) < 4.78 is 0.788. The van der Waals surface area contributed by atoms with E-state index in [1.54, 1.807) is 0 Å². The average molecular weight is 221 g/mol. The predicted molar refractivity (Wildman–Crippen MR) is 44.0 cm³/mol. The molecule has 0 spiro atoms.